The number of fused-ring (bicyclic) bond motifs is 2. The first-order chi connectivity index (χ1) is 14.7. The summed E-state index contributed by atoms with van der Waals surface area (Å²) >= 11 is 1.57. The van der Waals surface area contributed by atoms with Gasteiger partial charge in [-0.15, -0.1) is 0 Å². The lowest BCUT2D eigenvalue weighted by molar-refractivity contribution is 0.0710. The molecule has 30 heavy (non-hydrogen) atoms. The molecule has 2 aromatic heterocycles. The average molecular weight is 424 g/mol. The number of nitrogens with zero attached hydrogens (tertiary/aromatic N) is 5. The second-order valence-electron chi connectivity index (χ2n) is 7.76. The fourth-order valence-electron chi connectivity index (χ4n) is 4.25. The number of pyridine rings is 1. The predicted molar refractivity (Wildman–Crippen MR) is 119 cm³/mol. The van der Waals surface area contributed by atoms with Crippen LogP contribution >= 0.6 is 11.5 Å². The third-order valence-electron chi connectivity index (χ3n) is 6.03. The number of benzene rings is 1. The number of anilines is 1. The number of carbonyl (C=O) groups excluding carboxylic acids is 1. The van der Waals surface area contributed by atoms with Gasteiger partial charge in [0.05, 0.1) is 18.0 Å². The van der Waals surface area contributed by atoms with Crippen LogP contribution in [0.25, 0.3) is 10.1 Å². The van der Waals surface area contributed by atoms with Crippen molar-refractivity contribution in [3.63, 3.8) is 0 Å². The van der Waals surface area contributed by atoms with E-state index < -0.39 is 0 Å². The van der Waals surface area contributed by atoms with Gasteiger partial charge in [-0.3, -0.25) is 9.69 Å². The van der Waals surface area contributed by atoms with Crippen LogP contribution in [0.2, 0.25) is 0 Å². The Kier molecular flexibility index (Phi) is 5.26. The van der Waals surface area contributed by atoms with E-state index in [0.29, 0.717) is 11.4 Å². The molecule has 156 valence electrons. The Morgan fingerprint density at radius 1 is 1.10 bits per heavy atom. The summed E-state index contributed by atoms with van der Waals surface area (Å²) in [6.45, 7) is 6.28. The highest BCUT2D eigenvalue weighted by Crippen LogP contribution is 2.29. The van der Waals surface area contributed by atoms with Crippen LogP contribution in [0.3, 0.4) is 0 Å². The van der Waals surface area contributed by atoms with Crippen LogP contribution in [0.1, 0.15) is 16.1 Å². The van der Waals surface area contributed by atoms with E-state index in [1.165, 1.54) is 10.1 Å². The zero-order chi connectivity index (χ0) is 20.5. The summed E-state index contributed by atoms with van der Waals surface area (Å²) in [5.74, 6) is 1.85. The van der Waals surface area contributed by atoms with Crippen molar-refractivity contribution >= 4 is 33.3 Å². The Bertz CT molecular complexity index is 1060. The van der Waals surface area contributed by atoms with E-state index in [1.807, 2.05) is 11.0 Å². The summed E-state index contributed by atoms with van der Waals surface area (Å²) < 4.78 is 11.2. The molecule has 5 rings (SSSR count). The summed E-state index contributed by atoms with van der Waals surface area (Å²) in [7, 11) is 1.62. The molecule has 1 amide bonds. The Hall–Kier alpha value is -2.71. The molecule has 1 aromatic carbocycles. The van der Waals surface area contributed by atoms with E-state index in [0.717, 1.165) is 63.6 Å². The van der Waals surface area contributed by atoms with Gasteiger partial charge in [0, 0.05) is 51.2 Å². The lowest BCUT2D eigenvalue weighted by atomic mass is 10.0. The first kappa shape index (κ1) is 19.3. The van der Waals surface area contributed by atoms with Crippen LogP contribution in [0.4, 0.5) is 5.82 Å². The molecule has 0 atom stereocenters. The molecule has 0 aliphatic carbocycles. The van der Waals surface area contributed by atoms with Gasteiger partial charge in [-0.2, -0.15) is 4.37 Å². The minimum absolute atomic E-state index is 0.0338. The van der Waals surface area contributed by atoms with E-state index in [4.69, 9.17) is 4.74 Å². The van der Waals surface area contributed by atoms with E-state index in [-0.39, 0.29) is 5.91 Å². The van der Waals surface area contributed by atoms with Crippen LogP contribution < -0.4 is 9.64 Å². The molecule has 1 fully saturated rings. The van der Waals surface area contributed by atoms with Crippen molar-refractivity contribution in [3.05, 3.63) is 47.8 Å². The standard InChI is InChI=1S/C22H25N5O2S/c1-29-17-14-16-6-7-27(22(28)20(16)23-15-17)13-10-25-8-11-26(12-9-25)21-18-4-2-3-5-19(18)30-24-21/h2-5,14-15H,6-13H2,1H3. The topological polar surface area (TPSA) is 61.8 Å². The van der Waals surface area contributed by atoms with Gasteiger partial charge >= 0.3 is 0 Å². The van der Waals surface area contributed by atoms with Crippen LogP contribution in [-0.4, -0.2) is 78.0 Å². The molecule has 2 aliphatic rings. The molecule has 7 nitrogen and oxygen atoms in total. The molecule has 4 heterocycles. The molecule has 0 spiro atoms. The normalized spacial score (nSPS) is 17.4. The fourth-order valence-corrected chi connectivity index (χ4v) is 5.05. The van der Waals surface area contributed by atoms with Crippen LogP contribution in [0, 0.1) is 0 Å². The lowest BCUT2D eigenvalue weighted by Gasteiger charge is -2.36. The first-order valence-electron chi connectivity index (χ1n) is 10.4. The third-order valence-corrected chi connectivity index (χ3v) is 6.85. The van der Waals surface area contributed by atoms with Crippen molar-refractivity contribution in [2.75, 3.05) is 57.8 Å². The number of ether oxygens (including phenoxy) is 1. The number of rotatable bonds is 5. The van der Waals surface area contributed by atoms with Gasteiger partial charge in [-0.25, -0.2) is 4.98 Å². The van der Waals surface area contributed by atoms with Gasteiger partial charge < -0.3 is 14.5 Å². The highest BCUT2D eigenvalue weighted by molar-refractivity contribution is 7.13. The molecule has 0 unspecified atom stereocenters. The molecule has 0 radical (unpaired) electrons. The number of amides is 1. The summed E-state index contributed by atoms with van der Waals surface area (Å²) in [6.07, 6.45) is 2.46. The predicted octanol–water partition coefficient (Wildman–Crippen LogP) is 2.52. The van der Waals surface area contributed by atoms with Gasteiger partial charge in [-0.1, -0.05) is 12.1 Å². The number of carbonyl (C=O) groups is 1. The molecule has 8 heteroatoms. The second-order valence-corrected chi connectivity index (χ2v) is 8.56. The number of piperazine rings is 1. The number of hydrogen-bond acceptors (Lipinski definition) is 7. The fraction of sp³-hybridized carbons (Fsp3) is 0.409. The van der Waals surface area contributed by atoms with Crippen LogP contribution in [-0.2, 0) is 6.42 Å². The highest BCUT2D eigenvalue weighted by Gasteiger charge is 2.27. The van der Waals surface area contributed by atoms with Crippen molar-refractivity contribution in [1.82, 2.24) is 19.2 Å². The first-order valence-corrected chi connectivity index (χ1v) is 11.1. The van der Waals surface area contributed by atoms with Gasteiger partial charge in [0.1, 0.15) is 17.3 Å². The summed E-state index contributed by atoms with van der Waals surface area (Å²) in [5, 5.41) is 1.25. The van der Waals surface area contributed by atoms with Crippen LogP contribution in [0.5, 0.6) is 5.75 Å². The minimum Gasteiger partial charge on any atom is -0.495 e. The number of aromatic nitrogens is 2. The zero-order valence-electron chi connectivity index (χ0n) is 17.1. The molecule has 0 bridgehead atoms. The molecular weight excluding hydrogens is 398 g/mol. The Morgan fingerprint density at radius 3 is 2.77 bits per heavy atom. The van der Waals surface area contributed by atoms with E-state index in [1.54, 1.807) is 24.8 Å². The van der Waals surface area contributed by atoms with Gasteiger partial charge in [-0.05, 0) is 41.7 Å². The molecule has 1 saturated heterocycles. The van der Waals surface area contributed by atoms with E-state index in [2.05, 4.69) is 43.4 Å². The summed E-state index contributed by atoms with van der Waals surface area (Å²) in [5.41, 5.74) is 1.56. The lowest BCUT2D eigenvalue weighted by Crippen LogP contribution is -2.50. The molecule has 0 saturated carbocycles. The molecule has 0 N–H and O–H groups in total. The van der Waals surface area contributed by atoms with Gasteiger partial charge in [0.2, 0.25) is 0 Å². The highest BCUT2D eigenvalue weighted by atomic mass is 32.1. The Labute approximate surface area is 180 Å². The summed E-state index contributed by atoms with van der Waals surface area (Å²) in [6, 6.07) is 10.4. The van der Waals surface area contributed by atoms with Crippen molar-refractivity contribution in [2.45, 2.75) is 6.42 Å². The monoisotopic (exact) mass is 423 g/mol. The van der Waals surface area contributed by atoms with Crippen molar-refractivity contribution in [1.29, 1.82) is 0 Å². The average Bonchev–Trinajstić information content (AvgIpc) is 3.23. The Balaban J connectivity index is 1.16. The maximum Gasteiger partial charge on any atom is 0.272 e. The maximum atomic E-state index is 12.8. The zero-order valence-corrected chi connectivity index (χ0v) is 17.9. The van der Waals surface area contributed by atoms with Crippen molar-refractivity contribution in [2.24, 2.45) is 0 Å². The van der Waals surface area contributed by atoms with Gasteiger partial charge in [0.25, 0.3) is 5.91 Å². The number of hydrogen-bond donors (Lipinski definition) is 0. The smallest absolute Gasteiger partial charge is 0.272 e. The third kappa shape index (κ3) is 3.61. The molecular formula is C22H25N5O2S. The SMILES string of the molecule is COc1cnc2c(c1)CCN(CCN1CCN(c3nsc4ccccc34)CC1)C2=O. The maximum absolute atomic E-state index is 12.8. The quantitative estimate of drug-likeness (QED) is 0.629. The van der Waals surface area contributed by atoms with Crippen molar-refractivity contribution in [3.8, 4) is 5.75 Å². The number of methoxy groups -OCH3 is 1. The van der Waals surface area contributed by atoms with E-state index in [9.17, 15) is 4.79 Å². The van der Waals surface area contributed by atoms with Crippen LogP contribution in [0.15, 0.2) is 36.5 Å². The summed E-state index contributed by atoms with van der Waals surface area (Å²) in [4.78, 5) is 23.9. The largest absolute Gasteiger partial charge is 0.495 e. The molecule has 3 aromatic rings. The van der Waals surface area contributed by atoms with Gasteiger partial charge in [0.15, 0.2) is 0 Å². The van der Waals surface area contributed by atoms with Crippen molar-refractivity contribution < 1.29 is 9.53 Å². The molecule has 2 aliphatic heterocycles. The Morgan fingerprint density at radius 2 is 1.93 bits per heavy atom. The minimum atomic E-state index is 0.0338. The van der Waals surface area contributed by atoms with E-state index >= 15 is 0 Å². The second kappa shape index (κ2) is 8.20.